The lowest BCUT2D eigenvalue weighted by Crippen LogP contribution is -2.41. The van der Waals surface area contributed by atoms with E-state index in [0.717, 1.165) is 0 Å². The zero-order valence-electron chi connectivity index (χ0n) is 9.71. The Morgan fingerprint density at radius 2 is 2.16 bits per heavy atom. The monoisotopic (exact) mass is 280 g/mol. The predicted molar refractivity (Wildman–Crippen MR) is 65.5 cm³/mol. The zero-order valence-corrected chi connectivity index (χ0v) is 10.5. The van der Waals surface area contributed by atoms with Gasteiger partial charge in [-0.3, -0.25) is 4.79 Å². The summed E-state index contributed by atoms with van der Waals surface area (Å²) in [5.41, 5.74) is 1.81. The van der Waals surface area contributed by atoms with E-state index < -0.39 is 6.09 Å². The van der Waals surface area contributed by atoms with E-state index in [9.17, 15) is 14.7 Å². The number of rotatable bonds is 5. The molecule has 0 saturated carbocycles. The summed E-state index contributed by atoms with van der Waals surface area (Å²) in [6, 6.07) is 3.46. The molecule has 0 aliphatic carbocycles. The number of nitrogens with zero attached hydrogens (tertiary/aromatic N) is 1. The number of hydrogen-bond acceptors (Lipinski definition) is 6. The first-order chi connectivity index (χ1) is 9.18. The van der Waals surface area contributed by atoms with E-state index in [1.807, 2.05) is 5.32 Å². The number of nitrogens with one attached hydrogen (secondary N) is 2. The Kier molecular flexibility index (Phi) is 4.14. The largest absolute Gasteiger partial charge is 0.530 e. The molecule has 19 heavy (non-hydrogen) atoms. The SMILES string of the molecule is O=C([O-])NCCNC(=O)c1ncsc1-c1ccco1. The van der Waals surface area contributed by atoms with E-state index >= 15 is 0 Å². The van der Waals surface area contributed by atoms with Crippen molar-refractivity contribution in [1.82, 2.24) is 15.6 Å². The van der Waals surface area contributed by atoms with Crippen molar-refractivity contribution in [2.45, 2.75) is 0 Å². The van der Waals surface area contributed by atoms with Gasteiger partial charge < -0.3 is 25.0 Å². The van der Waals surface area contributed by atoms with Crippen LogP contribution in [0.1, 0.15) is 10.5 Å². The van der Waals surface area contributed by atoms with Crippen LogP contribution in [0.3, 0.4) is 0 Å². The van der Waals surface area contributed by atoms with Crippen LogP contribution in [0.15, 0.2) is 28.3 Å². The average Bonchev–Trinajstić information content (AvgIpc) is 3.02. The van der Waals surface area contributed by atoms with Gasteiger partial charge in [-0.05, 0) is 12.1 Å². The standard InChI is InChI=1S/C11H11N3O4S/c15-10(12-3-4-13-11(16)17)8-9(19-6-14-8)7-2-1-5-18-7/h1-2,5-6,13H,3-4H2,(H,12,15)(H,16,17)/p-1. The van der Waals surface area contributed by atoms with Gasteiger partial charge in [-0.2, -0.15) is 0 Å². The van der Waals surface area contributed by atoms with Gasteiger partial charge in [-0.25, -0.2) is 4.98 Å². The van der Waals surface area contributed by atoms with Crippen LogP contribution in [0.25, 0.3) is 10.6 Å². The molecule has 0 saturated heterocycles. The van der Waals surface area contributed by atoms with E-state index in [0.29, 0.717) is 10.6 Å². The highest BCUT2D eigenvalue weighted by molar-refractivity contribution is 7.13. The topological polar surface area (TPSA) is 107 Å². The fraction of sp³-hybridized carbons (Fsp3) is 0.182. The molecule has 0 atom stereocenters. The van der Waals surface area contributed by atoms with Gasteiger partial charge in [0.1, 0.15) is 22.4 Å². The minimum absolute atomic E-state index is 0.0777. The van der Waals surface area contributed by atoms with Gasteiger partial charge in [-0.15, -0.1) is 11.3 Å². The predicted octanol–water partition coefficient (Wildman–Crippen LogP) is 0.0658. The third-order valence-corrected chi connectivity index (χ3v) is 3.05. The Hall–Kier alpha value is -2.35. The number of amides is 2. The number of aromatic nitrogens is 1. The van der Waals surface area contributed by atoms with Gasteiger partial charge in [0.25, 0.3) is 5.91 Å². The second kappa shape index (κ2) is 6.01. The second-order valence-corrected chi connectivity index (χ2v) is 4.33. The van der Waals surface area contributed by atoms with Crippen molar-refractivity contribution in [3.63, 3.8) is 0 Å². The Morgan fingerprint density at radius 1 is 1.37 bits per heavy atom. The van der Waals surface area contributed by atoms with Crippen LogP contribution >= 0.6 is 11.3 Å². The fourth-order valence-electron chi connectivity index (χ4n) is 1.41. The average molecular weight is 280 g/mol. The Labute approximate surface area is 112 Å². The summed E-state index contributed by atoms with van der Waals surface area (Å²) in [4.78, 5) is 26.6. The van der Waals surface area contributed by atoms with Crippen LogP contribution < -0.4 is 15.7 Å². The molecule has 2 aromatic heterocycles. The minimum atomic E-state index is -1.38. The van der Waals surface area contributed by atoms with Crippen molar-refractivity contribution in [2.75, 3.05) is 13.1 Å². The van der Waals surface area contributed by atoms with Crippen LogP contribution in [-0.2, 0) is 0 Å². The third-order valence-electron chi connectivity index (χ3n) is 2.21. The van der Waals surface area contributed by atoms with Gasteiger partial charge >= 0.3 is 0 Å². The highest BCUT2D eigenvalue weighted by Gasteiger charge is 2.17. The third kappa shape index (κ3) is 3.32. The van der Waals surface area contributed by atoms with Crippen LogP contribution in [0, 0.1) is 0 Å². The van der Waals surface area contributed by atoms with Gasteiger partial charge in [-0.1, -0.05) is 0 Å². The van der Waals surface area contributed by atoms with Crippen molar-refractivity contribution in [3.8, 4) is 10.6 Å². The van der Waals surface area contributed by atoms with E-state index in [1.54, 1.807) is 17.6 Å². The summed E-state index contributed by atoms with van der Waals surface area (Å²) in [5, 5.41) is 14.7. The van der Waals surface area contributed by atoms with Gasteiger partial charge in [0.15, 0.2) is 0 Å². The molecule has 2 rings (SSSR count). The summed E-state index contributed by atoms with van der Waals surface area (Å²) in [5.74, 6) is 0.188. The summed E-state index contributed by atoms with van der Waals surface area (Å²) in [6.45, 7) is 0.232. The van der Waals surface area contributed by atoms with Crippen LogP contribution in [-0.4, -0.2) is 30.1 Å². The molecule has 2 amide bonds. The normalized spacial score (nSPS) is 10.1. The molecule has 0 fully saturated rings. The van der Waals surface area contributed by atoms with Crippen LogP contribution in [0.2, 0.25) is 0 Å². The lowest BCUT2D eigenvalue weighted by atomic mass is 10.3. The Bertz CT molecular complexity index is 564. The summed E-state index contributed by atoms with van der Waals surface area (Å²) in [7, 11) is 0. The first-order valence-corrected chi connectivity index (χ1v) is 6.27. The molecule has 8 heteroatoms. The van der Waals surface area contributed by atoms with Crippen LogP contribution in [0.4, 0.5) is 4.79 Å². The molecule has 0 bridgehead atoms. The molecule has 2 aromatic rings. The fourth-order valence-corrected chi connectivity index (χ4v) is 2.17. The first-order valence-electron chi connectivity index (χ1n) is 5.39. The van der Waals surface area contributed by atoms with Crippen molar-refractivity contribution in [2.24, 2.45) is 0 Å². The number of carbonyl (C=O) groups excluding carboxylic acids is 2. The highest BCUT2D eigenvalue weighted by atomic mass is 32.1. The number of carboxylic acid groups (broad SMARTS) is 1. The molecular weight excluding hydrogens is 270 g/mol. The Balaban J connectivity index is 1.97. The van der Waals surface area contributed by atoms with E-state index in [2.05, 4.69) is 10.3 Å². The van der Waals surface area contributed by atoms with Crippen LogP contribution in [0.5, 0.6) is 0 Å². The molecule has 0 aliphatic rings. The molecular formula is C11H10N3O4S-. The maximum atomic E-state index is 11.9. The van der Waals surface area contributed by atoms with Gasteiger partial charge in [0.2, 0.25) is 0 Å². The molecule has 2 heterocycles. The lowest BCUT2D eigenvalue weighted by Gasteiger charge is -2.07. The molecule has 0 spiro atoms. The van der Waals surface area contributed by atoms with Gasteiger partial charge in [0, 0.05) is 13.1 Å². The Morgan fingerprint density at radius 3 is 2.84 bits per heavy atom. The zero-order chi connectivity index (χ0) is 13.7. The van der Waals surface area contributed by atoms with E-state index in [-0.39, 0.29) is 24.7 Å². The lowest BCUT2D eigenvalue weighted by molar-refractivity contribution is -0.250. The first kappa shape index (κ1) is 13.1. The number of carbonyl (C=O) groups is 2. The maximum absolute atomic E-state index is 11.9. The smallest absolute Gasteiger partial charge is 0.271 e. The van der Waals surface area contributed by atoms with Crippen molar-refractivity contribution in [3.05, 3.63) is 29.6 Å². The molecule has 0 radical (unpaired) electrons. The van der Waals surface area contributed by atoms with Crippen molar-refractivity contribution < 1.29 is 19.1 Å². The molecule has 0 aliphatic heterocycles. The second-order valence-electron chi connectivity index (χ2n) is 3.48. The van der Waals surface area contributed by atoms with E-state index in [4.69, 9.17) is 4.42 Å². The number of hydrogen-bond donors (Lipinski definition) is 2. The quantitative estimate of drug-likeness (QED) is 0.753. The summed E-state index contributed by atoms with van der Waals surface area (Å²) in [6.07, 6.45) is 0.139. The maximum Gasteiger partial charge on any atom is 0.271 e. The molecule has 7 nitrogen and oxygen atoms in total. The van der Waals surface area contributed by atoms with Crippen molar-refractivity contribution >= 4 is 23.3 Å². The molecule has 0 unspecified atom stereocenters. The molecule has 2 N–H and O–H groups in total. The minimum Gasteiger partial charge on any atom is -0.530 e. The van der Waals surface area contributed by atoms with Crippen molar-refractivity contribution in [1.29, 1.82) is 0 Å². The summed E-state index contributed by atoms with van der Waals surface area (Å²) < 4.78 is 5.22. The molecule has 0 aromatic carbocycles. The van der Waals surface area contributed by atoms with Gasteiger partial charge in [0.05, 0.1) is 11.8 Å². The number of thiazole rings is 1. The highest BCUT2D eigenvalue weighted by Crippen LogP contribution is 2.27. The number of furan rings is 1. The molecule has 100 valence electrons. The van der Waals surface area contributed by atoms with E-state index in [1.165, 1.54) is 17.6 Å². The summed E-state index contributed by atoms with van der Waals surface area (Å²) >= 11 is 1.29.